The highest BCUT2D eigenvalue weighted by Crippen LogP contribution is 2.28. The van der Waals surface area contributed by atoms with Crippen molar-refractivity contribution in [1.29, 1.82) is 0 Å². The van der Waals surface area contributed by atoms with Gasteiger partial charge >= 0.3 is 5.97 Å². The third kappa shape index (κ3) is 2.27. The van der Waals surface area contributed by atoms with Gasteiger partial charge in [-0.1, -0.05) is 25.1 Å². The van der Waals surface area contributed by atoms with Crippen molar-refractivity contribution >= 4 is 16.9 Å². The summed E-state index contributed by atoms with van der Waals surface area (Å²) in [5.74, 6) is -0.780. The predicted molar refractivity (Wildman–Crippen MR) is 77.7 cm³/mol. The minimum atomic E-state index is -0.780. The van der Waals surface area contributed by atoms with E-state index < -0.39 is 5.97 Å². The van der Waals surface area contributed by atoms with Crippen molar-refractivity contribution in [3.8, 4) is 0 Å². The summed E-state index contributed by atoms with van der Waals surface area (Å²) in [7, 11) is 0. The number of benzene rings is 1. The molecule has 20 heavy (non-hydrogen) atoms. The molecule has 0 atom stereocenters. The Morgan fingerprint density at radius 3 is 2.95 bits per heavy atom. The highest BCUT2D eigenvalue weighted by Gasteiger charge is 2.22. The normalized spacial score (nSPS) is 15.2. The number of hydrogen-bond donors (Lipinski definition) is 1. The highest BCUT2D eigenvalue weighted by atomic mass is 16.4. The molecule has 0 saturated carbocycles. The Morgan fingerprint density at radius 1 is 1.40 bits per heavy atom. The van der Waals surface area contributed by atoms with Crippen molar-refractivity contribution in [2.45, 2.75) is 26.3 Å². The molecule has 0 fully saturated rings. The number of fused-ring (bicyclic) bond motifs is 2. The molecule has 1 aromatic heterocycles. The third-order valence-electron chi connectivity index (χ3n) is 4.02. The maximum absolute atomic E-state index is 11.2. The topological polar surface area (TPSA) is 53.4 Å². The molecule has 104 valence electrons. The zero-order valence-electron chi connectivity index (χ0n) is 11.6. The van der Waals surface area contributed by atoms with Crippen molar-refractivity contribution in [3.63, 3.8) is 0 Å². The first kappa shape index (κ1) is 13.1. The molecule has 3 rings (SSSR count). The summed E-state index contributed by atoms with van der Waals surface area (Å²) in [6.45, 7) is 4.93. The SMILES string of the molecule is CCN1CCc2nc3ccccc3c(CC(=O)O)c2C1. The number of carboxylic acids is 1. The Labute approximate surface area is 118 Å². The van der Waals surface area contributed by atoms with E-state index in [-0.39, 0.29) is 6.42 Å². The lowest BCUT2D eigenvalue weighted by atomic mass is 9.94. The van der Waals surface area contributed by atoms with Gasteiger partial charge in [0.25, 0.3) is 0 Å². The second-order valence-electron chi connectivity index (χ2n) is 5.22. The number of rotatable bonds is 3. The van der Waals surface area contributed by atoms with E-state index in [1.165, 1.54) is 0 Å². The Bertz CT molecular complexity index is 667. The molecule has 0 aliphatic carbocycles. The summed E-state index contributed by atoms with van der Waals surface area (Å²) in [6.07, 6.45) is 0.976. The van der Waals surface area contributed by atoms with Crippen LogP contribution in [0.15, 0.2) is 24.3 Å². The van der Waals surface area contributed by atoms with E-state index in [2.05, 4.69) is 11.8 Å². The number of carbonyl (C=O) groups is 1. The molecule has 0 radical (unpaired) electrons. The van der Waals surface area contributed by atoms with Gasteiger partial charge in [-0.15, -0.1) is 0 Å². The van der Waals surface area contributed by atoms with Gasteiger partial charge in [-0.05, 0) is 23.7 Å². The van der Waals surface area contributed by atoms with Gasteiger partial charge in [0.05, 0.1) is 11.9 Å². The maximum atomic E-state index is 11.2. The molecule has 0 spiro atoms. The molecular formula is C16H18N2O2. The summed E-state index contributed by atoms with van der Waals surface area (Å²) in [5.41, 5.74) is 4.05. The molecule has 0 unspecified atom stereocenters. The largest absolute Gasteiger partial charge is 0.481 e. The zero-order valence-corrected chi connectivity index (χ0v) is 11.6. The number of aliphatic carboxylic acids is 1. The third-order valence-corrected chi connectivity index (χ3v) is 4.02. The van der Waals surface area contributed by atoms with Gasteiger partial charge in [-0.3, -0.25) is 14.7 Å². The first-order valence-electron chi connectivity index (χ1n) is 7.02. The van der Waals surface area contributed by atoms with Gasteiger partial charge in [0.1, 0.15) is 0 Å². The van der Waals surface area contributed by atoms with Gasteiger partial charge in [0.2, 0.25) is 0 Å². The molecule has 1 aromatic carbocycles. The number of nitrogens with zero attached hydrogens (tertiary/aromatic N) is 2. The molecule has 2 heterocycles. The average Bonchev–Trinajstić information content (AvgIpc) is 2.46. The molecule has 0 bridgehead atoms. The van der Waals surface area contributed by atoms with E-state index >= 15 is 0 Å². The van der Waals surface area contributed by atoms with Crippen LogP contribution >= 0.6 is 0 Å². The fourth-order valence-corrected chi connectivity index (χ4v) is 2.96. The average molecular weight is 270 g/mol. The van der Waals surface area contributed by atoms with Crippen LogP contribution in [0.4, 0.5) is 0 Å². The minimum absolute atomic E-state index is 0.0723. The van der Waals surface area contributed by atoms with E-state index in [1.807, 2.05) is 24.3 Å². The van der Waals surface area contributed by atoms with E-state index in [9.17, 15) is 9.90 Å². The fourth-order valence-electron chi connectivity index (χ4n) is 2.96. The van der Waals surface area contributed by atoms with Crippen molar-refractivity contribution in [1.82, 2.24) is 9.88 Å². The van der Waals surface area contributed by atoms with Crippen LogP contribution < -0.4 is 0 Å². The van der Waals surface area contributed by atoms with Crippen LogP contribution in [0.5, 0.6) is 0 Å². The number of hydrogen-bond acceptors (Lipinski definition) is 3. The molecule has 1 aliphatic rings. The molecule has 0 amide bonds. The smallest absolute Gasteiger partial charge is 0.307 e. The van der Waals surface area contributed by atoms with Crippen molar-refractivity contribution in [3.05, 3.63) is 41.1 Å². The van der Waals surface area contributed by atoms with Gasteiger partial charge in [-0.2, -0.15) is 0 Å². The van der Waals surface area contributed by atoms with Crippen molar-refractivity contribution in [2.75, 3.05) is 13.1 Å². The molecule has 2 aromatic rings. The fraction of sp³-hybridized carbons (Fsp3) is 0.375. The Morgan fingerprint density at radius 2 is 2.20 bits per heavy atom. The molecule has 1 N–H and O–H groups in total. The lowest BCUT2D eigenvalue weighted by Crippen LogP contribution is -2.32. The Kier molecular flexibility index (Phi) is 3.40. The van der Waals surface area contributed by atoms with Gasteiger partial charge in [0, 0.05) is 30.6 Å². The van der Waals surface area contributed by atoms with E-state index in [1.54, 1.807) is 0 Å². The lowest BCUT2D eigenvalue weighted by molar-refractivity contribution is -0.136. The number of para-hydroxylation sites is 1. The standard InChI is InChI=1S/C16H18N2O2/c1-2-18-8-7-15-13(10-18)12(9-16(19)20)11-5-3-4-6-14(11)17-15/h3-6H,2,7-10H2,1H3,(H,19,20). The van der Waals surface area contributed by atoms with Gasteiger partial charge < -0.3 is 5.11 Å². The summed E-state index contributed by atoms with van der Waals surface area (Å²) < 4.78 is 0. The van der Waals surface area contributed by atoms with Crippen LogP contribution in [0.25, 0.3) is 10.9 Å². The highest BCUT2D eigenvalue weighted by molar-refractivity contribution is 5.87. The van der Waals surface area contributed by atoms with Crippen molar-refractivity contribution in [2.24, 2.45) is 0 Å². The van der Waals surface area contributed by atoms with Crippen LogP contribution in [-0.4, -0.2) is 34.0 Å². The molecule has 1 aliphatic heterocycles. The van der Waals surface area contributed by atoms with Crippen LogP contribution in [-0.2, 0) is 24.2 Å². The number of carboxylic acid groups (broad SMARTS) is 1. The van der Waals surface area contributed by atoms with E-state index in [0.717, 1.165) is 53.8 Å². The summed E-state index contributed by atoms with van der Waals surface area (Å²) in [4.78, 5) is 18.3. The number of pyridine rings is 1. The quantitative estimate of drug-likeness (QED) is 0.929. The van der Waals surface area contributed by atoms with Crippen LogP contribution in [0.3, 0.4) is 0 Å². The Balaban J connectivity index is 2.20. The van der Waals surface area contributed by atoms with Crippen LogP contribution in [0.1, 0.15) is 23.7 Å². The Hall–Kier alpha value is -1.94. The van der Waals surface area contributed by atoms with Gasteiger partial charge in [-0.25, -0.2) is 0 Å². The summed E-state index contributed by atoms with van der Waals surface area (Å²) in [6, 6.07) is 7.84. The van der Waals surface area contributed by atoms with Crippen LogP contribution in [0.2, 0.25) is 0 Å². The molecular weight excluding hydrogens is 252 g/mol. The number of likely N-dealkylation sites (N-methyl/N-ethyl adjacent to an activating group) is 1. The number of aromatic nitrogens is 1. The molecule has 4 nitrogen and oxygen atoms in total. The monoisotopic (exact) mass is 270 g/mol. The summed E-state index contributed by atoms with van der Waals surface area (Å²) in [5, 5.41) is 10.2. The van der Waals surface area contributed by atoms with E-state index in [4.69, 9.17) is 4.98 Å². The predicted octanol–water partition coefficient (Wildman–Crippen LogP) is 2.24. The summed E-state index contributed by atoms with van der Waals surface area (Å²) >= 11 is 0. The van der Waals surface area contributed by atoms with Gasteiger partial charge in [0.15, 0.2) is 0 Å². The lowest BCUT2D eigenvalue weighted by Gasteiger charge is -2.29. The zero-order chi connectivity index (χ0) is 14.1. The second kappa shape index (κ2) is 5.21. The molecule has 4 heteroatoms. The first-order chi connectivity index (χ1) is 9.69. The minimum Gasteiger partial charge on any atom is -0.481 e. The van der Waals surface area contributed by atoms with Crippen molar-refractivity contribution < 1.29 is 9.90 Å². The van der Waals surface area contributed by atoms with E-state index in [0.29, 0.717) is 0 Å². The van der Waals surface area contributed by atoms with Crippen LogP contribution in [0, 0.1) is 0 Å². The molecule has 0 saturated heterocycles. The maximum Gasteiger partial charge on any atom is 0.307 e. The first-order valence-corrected chi connectivity index (χ1v) is 7.02. The second-order valence-corrected chi connectivity index (χ2v) is 5.22.